The molecule has 1 aromatic carbocycles. The van der Waals surface area contributed by atoms with E-state index in [0.717, 1.165) is 11.3 Å². The van der Waals surface area contributed by atoms with Crippen LogP contribution in [0.4, 0.5) is 4.39 Å². The minimum Gasteiger partial charge on any atom is -0.476 e. The number of benzene rings is 1. The van der Waals surface area contributed by atoms with Gasteiger partial charge in [0.1, 0.15) is 11.9 Å². The van der Waals surface area contributed by atoms with Crippen LogP contribution in [0.1, 0.15) is 41.2 Å². The Labute approximate surface area is 156 Å². The van der Waals surface area contributed by atoms with Gasteiger partial charge in [-0.3, -0.25) is 9.48 Å². The van der Waals surface area contributed by atoms with E-state index in [9.17, 15) is 24.2 Å². The average molecular weight is 375 g/mol. The number of amides is 1. The molecule has 144 valence electrons. The summed E-state index contributed by atoms with van der Waals surface area (Å²) >= 11 is 0. The predicted molar refractivity (Wildman–Crippen MR) is 94.7 cm³/mol. The van der Waals surface area contributed by atoms with Gasteiger partial charge in [0.2, 0.25) is 0 Å². The van der Waals surface area contributed by atoms with Gasteiger partial charge in [0.05, 0.1) is 6.54 Å². The first-order valence-corrected chi connectivity index (χ1v) is 8.81. The second kappa shape index (κ2) is 7.48. The molecule has 0 spiro atoms. The van der Waals surface area contributed by atoms with Crippen molar-refractivity contribution in [2.24, 2.45) is 5.92 Å². The number of aromatic nitrogens is 2. The van der Waals surface area contributed by atoms with E-state index in [1.54, 1.807) is 30.7 Å². The van der Waals surface area contributed by atoms with Crippen molar-refractivity contribution in [2.45, 2.75) is 39.5 Å². The van der Waals surface area contributed by atoms with Gasteiger partial charge in [-0.15, -0.1) is 0 Å². The Kier molecular flexibility index (Phi) is 5.27. The number of nitrogens with zero attached hydrogens (tertiary/aromatic N) is 3. The number of aromatic carboxylic acids is 1. The fourth-order valence-electron chi connectivity index (χ4n) is 3.22. The highest BCUT2D eigenvalue weighted by molar-refractivity contribution is 5.88. The lowest BCUT2D eigenvalue weighted by molar-refractivity contribution is -0.143. The third-order valence-electron chi connectivity index (χ3n) is 4.78. The molecule has 0 saturated carbocycles. The molecule has 1 aliphatic rings. The van der Waals surface area contributed by atoms with Gasteiger partial charge in [0.15, 0.2) is 5.69 Å². The normalized spacial score (nSPS) is 14.9. The van der Waals surface area contributed by atoms with E-state index in [1.165, 1.54) is 17.0 Å². The Morgan fingerprint density at radius 2 is 1.93 bits per heavy atom. The van der Waals surface area contributed by atoms with E-state index in [2.05, 4.69) is 5.10 Å². The highest BCUT2D eigenvalue weighted by Gasteiger charge is 2.32. The molecule has 1 atom stereocenters. The number of carboxylic acids is 1. The Hall–Kier alpha value is -2.74. The molecule has 1 amide bonds. The number of rotatable bonds is 5. The zero-order valence-electron chi connectivity index (χ0n) is 15.2. The van der Waals surface area contributed by atoms with Crippen molar-refractivity contribution >= 4 is 11.9 Å². The van der Waals surface area contributed by atoms with Gasteiger partial charge in [0, 0.05) is 30.8 Å². The van der Waals surface area contributed by atoms with E-state index in [-0.39, 0.29) is 24.0 Å². The SMILES string of the molecule is CC(C)[C@@H](O)C(=O)N1CCc2c(c(C(=O)O)nn2Cc2ccc(F)cc2)C1. The molecule has 2 N–H and O–H groups in total. The summed E-state index contributed by atoms with van der Waals surface area (Å²) in [5, 5.41) is 23.7. The smallest absolute Gasteiger partial charge is 0.356 e. The van der Waals surface area contributed by atoms with Crippen molar-refractivity contribution in [3.8, 4) is 0 Å². The number of aliphatic hydroxyl groups is 1. The fraction of sp³-hybridized carbons (Fsp3) is 0.421. The molecule has 8 heteroatoms. The first-order valence-electron chi connectivity index (χ1n) is 8.81. The molecule has 0 fully saturated rings. The zero-order chi connectivity index (χ0) is 19.7. The minimum absolute atomic E-state index is 0.0938. The summed E-state index contributed by atoms with van der Waals surface area (Å²) in [6.07, 6.45) is -0.679. The molecule has 27 heavy (non-hydrogen) atoms. The van der Waals surface area contributed by atoms with Crippen LogP contribution in [-0.4, -0.2) is 49.4 Å². The maximum Gasteiger partial charge on any atom is 0.356 e. The summed E-state index contributed by atoms with van der Waals surface area (Å²) in [5.41, 5.74) is 1.94. The maximum absolute atomic E-state index is 13.1. The van der Waals surface area contributed by atoms with Gasteiger partial charge in [-0.25, -0.2) is 9.18 Å². The standard InChI is InChI=1S/C19H22FN3O4/c1-11(2)17(24)18(25)22-8-7-15-14(10-22)16(19(26)27)21-23(15)9-12-3-5-13(20)6-4-12/h3-6,11,17,24H,7-10H2,1-2H3,(H,26,27)/t17-/m1/s1. The van der Waals surface area contributed by atoms with Crippen molar-refractivity contribution in [2.75, 3.05) is 6.54 Å². The van der Waals surface area contributed by atoms with E-state index in [4.69, 9.17) is 0 Å². The molecule has 0 unspecified atom stereocenters. The zero-order valence-corrected chi connectivity index (χ0v) is 15.2. The molecule has 0 saturated heterocycles. The van der Waals surface area contributed by atoms with Crippen LogP contribution in [0.5, 0.6) is 0 Å². The molecule has 1 aromatic heterocycles. The quantitative estimate of drug-likeness (QED) is 0.829. The van der Waals surface area contributed by atoms with Crippen molar-refractivity contribution in [1.82, 2.24) is 14.7 Å². The lowest BCUT2D eigenvalue weighted by Gasteiger charge is -2.30. The Balaban J connectivity index is 1.89. The van der Waals surface area contributed by atoms with Crippen LogP contribution in [0.2, 0.25) is 0 Å². The number of halogens is 1. The van der Waals surface area contributed by atoms with E-state index < -0.39 is 18.0 Å². The molecule has 3 rings (SSSR count). The lowest BCUT2D eigenvalue weighted by atomic mass is 10.0. The Morgan fingerprint density at radius 3 is 2.52 bits per heavy atom. The minimum atomic E-state index is -1.16. The highest BCUT2D eigenvalue weighted by atomic mass is 19.1. The summed E-state index contributed by atoms with van der Waals surface area (Å²) in [6.45, 7) is 4.30. The average Bonchev–Trinajstić information content (AvgIpc) is 3.00. The molecule has 0 radical (unpaired) electrons. The second-order valence-electron chi connectivity index (χ2n) is 7.06. The van der Waals surface area contributed by atoms with Gasteiger partial charge in [-0.05, 0) is 23.6 Å². The van der Waals surface area contributed by atoms with Crippen molar-refractivity contribution in [1.29, 1.82) is 0 Å². The Morgan fingerprint density at radius 1 is 1.26 bits per heavy atom. The van der Waals surface area contributed by atoms with Gasteiger partial charge in [-0.1, -0.05) is 26.0 Å². The van der Waals surface area contributed by atoms with Crippen LogP contribution >= 0.6 is 0 Å². The Bertz CT molecular complexity index is 861. The molecule has 2 heterocycles. The molecule has 0 aliphatic carbocycles. The summed E-state index contributed by atoms with van der Waals surface area (Å²) in [4.78, 5) is 25.5. The summed E-state index contributed by atoms with van der Waals surface area (Å²) in [7, 11) is 0. The number of fused-ring (bicyclic) bond motifs is 1. The number of hydrogen-bond acceptors (Lipinski definition) is 4. The van der Waals surface area contributed by atoms with Gasteiger partial charge >= 0.3 is 5.97 Å². The molecular weight excluding hydrogens is 353 g/mol. The van der Waals surface area contributed by atoms with Gasteiger partial charge < -0.3 is 15.1 Å². The third-order valence-corrected chi connectivity index (χ3v) is 4.78. The van der Waals surface area contributed by atoms with Crippen molar-refractivity contribution in [3.63, 3.8) is 0 Å². The van der Waals surface area contributed by atoms with E-state index in [0.29, 0.717) is 25.1 Å². The van der Waals surface area contributed by atoms with Crippen molar-refractivity contribution < 1.29 is 24.2 Å². The molecular formula is C19H22FN3O4. The van der Waals surface area contributed by atoms with Crippen LogP contribution in [0, 0.1) is 11.7 Å². The third kappa shape index (κ3) is 3.85. The first kappa shape index (κ1) is 19.0. The summed E-state index contributed by atoms with van der Waals surface area (Å²) < 4.78 is 14.7. The number of carboxylic acid groups (broad SMARTS) is 1. The fourth-order valence-corrected chi connectivity index (χ4v) is 3.22. The monoisotopic (exact) mass is 375 g/mol. The van der Waals surface area contributed by atoms with E-state index >= 15 is 0 Å². The number of carbonyl (C=O) groups excluding carboxylic acids is 1. The van der Waals surface area contributed by atoms with Gasteiger partial charge in [0.25, 0.3) is 5.91 Å². The van der Waals surface area contributed by atoms with Crippen LogP contribution < -0.4 is 0 Å². The number of carbonyl (C=O) groups is 2. The summed E-state index contributed by atoms with van der Waals surface area (Å²) in [5.74, 6) is -2.13. The van der Waals surface area contributed by atoms with Gasteiger partial charge in [-0.2, -0.15) is 5.10 Å². The van der Waals surface area contributed by atoms with Crippen LogP contribution in [0.25, 0.3) is 0 Å². The van der Waals surface area contributed by atoms with Crippen LogP contribution in [0.3, 0.4) is 0 Å². The van der Waals surface area contributed by atoms with Crippen LogP contribution in [-0.2, 0) is 24.3 Å². The number of hydrogen-bond donors (Lipinski definition) is 2. The highest BCUT2D eigenvalue weighted by Crippen LogP contribution is 2.25. The van der Waals surface area contributed by atoms with Crippen molar-refractivity contribution in [3.05, 3.63) is 52.6 Å². The molecule has 0 bridgehead atoms. The molecule has 2 aromatic rings. The lowest BCUT2D eigenvalue weighted by Crippen LogP contribution is -2.44. The second-order valence-corrected chi connectivity index (χ2v) is 7.06. The molecule has 1 aliphatic heterocycles. The topological polar surface area (TPSA) is 95.7 Å². The number of aliphatic hydroxyl groups excluding tert-OH is 1. The predicted octanol–water partition coefficient (Wildman–Crippen LogP) is 1.67. The first-order chi connectivity index (χ1) is 12.8. The largest absolute Gasteiger partial charge is 0.476 e. The maximum atomic E-state index is 13.1. The van der Waals surface area contributed by atoms with E-state index in [1.807, 2.05) is 0 Å². The summed E-state index contributed by atoms with van der Waals surface area (Å²) in [6, 6.07) is 5.94. The molecule has 7 nitrogen and oxygen atoms in total. The van der Waals surface area contributed by atoms with Crippen LogP contribution in [0.15, 0.2) is 24.3 Å².